The standard InChI is InChI=1S/C18H20F2N6O2S.2C2H6/c19-17(20)10-25-8-13(5-22-25)29-26-7-12-6-24(9-16(12)23-26)18(28)14(11-27)15-3-1-2-4-21-15;2*1-2/h3-5,7-8,14,17,27H,1-2,6,9-11H2;2*1-2H3. The summed E-state index contributed by atoms with van der Waals surface area (Å²) in [6.45, 7) is 8.04. The maximum absolute atomic E-state index is 12.8. The SMILES string of the molecule is CC.CC.O=C(C(CO)C1=CCCC=N1)N1Cc2cn(Sc3cnn(CC(F)F)c3)nc2C1. The molecule has 11 heteroatoms. The number of carbonyl (C=O) groups is 1. The maximum Gasteiger partial charge on any atom is 0.257 e. The summed E-state index contributed by atoms with van der Waals surface area (Å²) in [5.41, 5.74) is 2.32. The summed E-state index contributed by atoms with van der Waals surface area (Å²) in [4.78, 5) is 19.5. The highest BCUT2D eigenvalue weighted by Crippen LogP contribution is 2.29. The zero-order valence-electron chi connectivity index (χ0n) is 19.5. The number of aliphatic hydroxyl groups is 1. The molecule has 0 spiro atoms. The van der Waals surface area contributed by atoms with Gasteiger partial charge in [-0.15, -0.1) is 0 Å². The summed E-state index contributed by atoms with van der Waals surface area (Å²) < 4.78 is 27.7. The minimum Gasteiger partial charge on any atom is -0.395 e. The van der Waals surface area contributed by atoms with E-state index in [1.54, 1.807) is 21.4 Å². The summed E-state index contributed by atoms with van der Waals surface area (Å²) in [6, 6.07) is 0. The van der Waals surface area contributed by atoms with Crippen LogP contribution in [-0.4, -0.2) is 54.1 Å². The van der Waals surface area contributed by atoms with Crippen LogP contribution in [0.2, 0.25) is 0 Å². The van der Waals surface area contributed by atoms with E-state index in [9.17, 15) is 18.7 Å². The third-order valence-corrected chi connectivity index (χ3v) is 5.53. The number of rotatable bonds is 7. The van der Waals surface area contributed by atoms with E-state index >= 15 is 0 Å². The number of aliphatic imine (C=N–C) groups is 1. The highest BCUT2D eigenvalue weighted by Gasteiger charge is 2.33. The average molecular weight is 483 g/mol. The Morgan fingerprint density at radius 3 is 2.55 bits per heavy atom. The van der Waals surface area contributed by atoms with E-state index in [0.29, 0.717) is 23.7 Å². The zero-order chi connectivity index (χ0) is 24.4. The number of aromatic nitrogens is 4. The van der Waals surface area contributed by atoms with Gasteiger partial charge in [-0.1, -0.05) is 33.8 Å². The van der Waals surface area contributed by atoms with E-state index in [0.717, 1.165) is 24.1 Å². The first-order valence-corrected chi connectivity index (χ1v) is 12.0. The number of alkyl halides is 2. The van der Waals surface area contributed by atoms with E-state index in [1.165, 1.54) is 22.8 Å². The zero-order valence-corrected chi connectivity index (χ0v) is 20.3. The molecule has 0 aromatic carbocycles. The van der Waals surface area contributed by atoms with Gasteiger partial charge in [-0.25, -0.2) is 12.9 Å². The molecule has 2 aliphatic heterocycles. The first-order valence-electron chi connectivity index (χ1n) is 11.2. The van der Waals surface area contributed by atoms with Gasteiger partial charge in [0.05, 0.1) is 35.6 Å². The van der Waals surface area contributed by atoms with Crippen LogP contribution in [0.15, 0.2) is 40.3 Å². The average Bonchev–Trinajstić information content (AvgIpc) is 3.53. The molecule has 2 aromatic rings. The van der Waals surface area contributed by atoms with Gasteiger partial charge in [0.1, 0.15) is 12.5 Å². The third kappa shape index (κ3) is 6.97. The van der Waals surface area contributed by atoms with E-state index in [-0.39, 0.29) is 12.5 Å². The molecule has 33 heavy (non-hydrogen) atoms. The van der Waals surface area contributed by atoms with Gasteiger partial charge in [-0.3, -0.25) is 14.5 Å². The van der Waals surface area contributed by atoms with Crippen LogP contribution in [0.5, 0.6) is 0 Å². The molecule has 0 saturated carbocycles. The maximum atomic E-state index is 12.8. The molecule has 4 rings (SSSR count). The molecule has 182 valence electrons. The lowest BCUT2D eigenvalue weighted by Crippen LogP contribution is -2.35. The van der Waals surface area contributed by atoms with Crippen molar-refractivity contribution in [1.29, 1.82) is 0 Å². The normalized spacial score (nSPS) is 15.3. The Kier molecular flexibility index (Phi) is 10.7. The van der Waals surface area contributed by atoms with Crippen molar-refractivity contribution >= 4 is 24.1 Å². The van der Waals surface area contributed by atoms with Crippen LogP contribution in [-0.2, 0) is 24.4 Å². The van der Waals surface area contributed by atoms with Gasteiger partial charge in [0.15, 0.2) is 0 Å². The van der Waals surface area contributed by atoms with Crippen LogP contribution in [0.1, 0.15) is 51.8 Å². The number of carbonyl (C=O) groups excluding carboxylic acids is 1. The molecule has 2 aliphatic rings. The number of allylic oxidation sites excluding steroid dienone is 1. The quantitative estimate of drug-likeness (QED) is 0.640. The number of amides is 1. The fourth-order valence-corrected chi connectivity index (χ4v) is 4.15. The molecular formula is C22H32F2N6O2S. The summed E-state index contributed by atoms with van der Waals surface area (Å²) >= 11 is 1.27. The van der Waals surface area contributed by atoms with Crippen molar-refractivity contribution in [1.82, 2.24) is 23.9 Å². The summed E-state index contributed by atoms with van der Waals surface area (Å²) in [6.07, 6.45) is 7.77. The molecule has 2 aromatic heterocycles. The van der Waals surface area contributed by atoms with E-state index in [4.69, 9.17) is 0 Å². The summed E-state index contributed by atoms with van der Waals surface area (Å²) in [7, 11) is 0. The highest BCUT2D eigenvalue weighted by molar-refractivity contribution is 7.97. The van der Waals surface area contributed by atoms with Crippen molar-refractivity contribution in [2.45, 2.75) is 71.5 Å². The molecular weight excluding hydrogens is 450 g/mol. The molecule has 0 bridgehead atoms. The lowest BCUT2D eigenvalue weighted by Gasteiger charge is -2.23. The molecule has 4 heterocycles. The second-order valence-electron chi connectivity index (χ2n) is 6.83. The first-order chi connectivity index (χ1) is 16.0. The van der Waals surface area contributed by atoms with Gasteiger partial charge >= 0.3 is 0 Å². The van der Waals surface area contributed by atoms with Crippen LogP contribution in [0.25, 0.3) is 0 Å². The molecule has 1 N–H and O–H groups in total. The minimum absolute atomic E-state index is 0.164. The van der Waals surface area contributed by atoms with Gasteiger partial charge in [0.25, 0.3) is 6.43 Å². The molecule has 1 unspecified atom stereocenters. The molecule has 0 fully saturated rings. The third-order valence-electron chi connectivity index (χ3n) is 4.73. The monoisotopic (exact) mass is 482 g/mol. The van der Waals surface area contributed by atoms with Crippen LogP contribution >= 0.6 is 11.9 Å². The Bertz CT molecular complexity index is 933. The van der Waals surface area contributed by atoms with Gasteiger partial charge in [-0.2, -0.15) is 10.2 Å². The number of aliphatic hydroxyl groups excluding tert-OH is 1. The minimum atomic E-state index is -2.46. The fraction of sp³-hybridized carbons (Fsp3) is 0.545. The predicted octanol–water partition coefficient (Wildman–Crippen LogP) is 4.15. The number of fused-ring (bicyclic) bond motifs is 1. The van der Waals surface area contributed by atoms with Crippen molar-refractivity contribution in [3.63, 3.8) is 0 Å². The van der Waals surface area contributed by atoms with Crippen LogP contribution in [0, 0.1) is 5.92 Å². The van der Waals surface area contributed by atoms with Crippen LogP contribution in [0.4, 0.5) is 8.78 Å². The van der Waals surface area contributed by atoms with Gasteiger partial charge < -0.3 is 10.0 Å². The summed E-state index contributed by atoms with van der Waals surface area (Å²) in [5.74, 6) is -0.819. The Labute approximate surface area is 197 Å². The van der Waals surface area contributed by atoms with Crippen molar-refractivity contribution in [3.8, 4) is 0 Å². The molecule has 1 atom stereocenters. The van der Waals surface area contributed by atoms with Gasteiger partial charge in [0.2, 0.25) is 5.91 Å². The second-order valence-corrected chi connectivity index (χ2v) is 7.86. The number of halogens is 2. The highest BCUT2D eigenvalue weighted by atomic mass is 32.2. The predicted molar refractivity (Wildman–Crippen MR) is 125 cm³/mol. The molecule has 0 aliphatic carbocycles. The number of hydrogen-bond donors (Lipinski definition) is 1. The molecule has 0 saturated heterocycles. The topological polar surface area (TPSA) is 88.5 Å². The van der Waals surface area contributed by atoms with Crippen LogP contribution < -0.4 is 0 Å². The lowest BCUT2D eigenvalue weighted by molar-refractivity contribution is -0.136. The van der Waals surface area contributed by atoms with E-state index < -0.39 is 18.9 Å². The Morgan fingerprint density at radius 2 is 1.94 bits per heavy atom. The first kappa shape index (κ1) is 26.7. The Balaban J connectivity index is 0.000000914. The lowest BCUT2D eigenvalue weighted by atomic mass is 10.0. The largest absolute Gasteiger partial charge is 0.395 e. The molecule has 1 amide bonds. The molecule has 8 nitrogen and oxygen atoms in total. The Morgan fingerprint density at radius 1 is 1.18 bits per heavy atom. The number of nitrogens with zero attached hydrogens (tertiary/aromatic N) is 6. The van der Waals surface area contributed by atoms with Gasteiger partial charge in [0, 0.05) is 42.7 Å². The smallest absolute Gasteiger partial charge is 0.257 e. The fourth-order valence-electron chi connectivity index (χ4n) is 3.35. The Hall–Kier alpha value is -2.53. The second kappa shape index (κ2) is 13.2. The van der Waals surface area contributed by atoms with E-state index in [1.807, 2.05) is 40.0 Å². The van der Waals surface area contributed by atoms with Crippen LogP contribution in [0.3, 0.4) is 0 Å². The number of hydrogen-bond acceptors (Lipinski definition) is 6. The van der Waals surface area contributed by atoms with Crippen molar-refractivity contribution in [3.05, 3.63) is 41.6 Å². The van der Waals surface area contributed by atoms with E-state index in [2.05, 4.69) is 15.2 Å². The summed E-state index contributed by atoms with van der Waals surface area (Å²) in [5, 5.41) is 18.1. The molecule has 0 radical (unpaired) electrons. The van der Waals surface area contributed by atoms with Gasteiger partial charge in [-0.05, 0) is 12.8 Å². The van der Waals surface area contributed by atoms with Crippen molar-refractivity contribution in [2.24, 2.45) is 10.9 Å². The van der Waals surface area contributed by atoms with Crippen molar-refractivity contribution < 1.29 is 18.7 Å². The van der Waals surface area contributed by atoms with Crippen molar-refractivity contribution in [2.75, 3.05) is 6.61 Å².